The van der Waals surface area contributed by atoms with Crippen molar-refractivity contribution in [3.05, 3.63) is 28.3 Å². The Morgan fingerprint density at radius 1 is 1.48 bits per heavy atom. The number of hydrogen-bond donors (Lipinski definition) is 2. The van der Waals surface area contributed by atoms with Crippen LogP contribution in [0.5, 0.6) is 5.75 Å². The summed E-state index contributed by atoms with van der Waals surface area (Å²) in [7, 11) is -3.83. The van der Waals surface area contributed by atoms with Gasteiger partial charge >= 0.3 is 5.69 Å². The number of hydrogen-bond acceptors (Lipinski definition) is 6. The number of nitro benzene ring substituents is 1. The lowest BCUT2D eigenvalue weighted by Gasteiger charge is -2.34. The predicted molar refractivity (Wildman–Crippen MR) is 75.3 cm³/mol. The number of nitro groups is 1. The Morgan fingerprint density at radius 2 is 2.14 bits per heavy atom. The minimum absolute atomic E-state index is 0.0145. The van der Waals surface area contributed by atoms with Crippen molar-refractivity contribution in [3.8, 4) is 5.75 Å². The van der Waals surface area contributed by atoms with Crippen LogP contribution in [0.4, 0.5) is 5.69 Å². The summed E-state index contributed by atoms with van der Waals surface area (Å²) < 4.78 is 26.3. The van der Waals surface area contributed by atoms with Gasteiger partial charge in [0.2, 0.25) is 10.0 Å². The van der Waals surface area contributed by atoms with Crippen molar-refractivity contribution in [2.24, 2.45) is 11.7 Å². The molecule has 0 aromatic heterocycles. The highest BCUT2D eigenvalue weighted by Gasteiger charge is 2.33. The zero-order valence-corrected chi connectivity index (χ0v) is 12.3. The molecule has 0 radical (unpaired) electrons. The van der Waals surface area contributed by atoms with Gasteiger partial charge in [0.05, 0.1) is 9.82 Å². The van der Waals surface area contributed by atoms with Crippen LogP contribution in [0, 0.1) is 16.0 Å². The van der Waals surface area contributed by atoms with Crippen LogP contribution >= 0.6 is 0 Å². The van der Waals surface area contributed by atoms with Crippen LogP contribution in [0.2, 0.25) is 0 Å². The Bertz CT molecular complexity index is 661. The second-order valence-electron chi connectivity index (χ2n) is 5.20. The van der Waals surface area contributed by atoms with Gasteiger partial charge in [-0.05, 0) is 24.5 Å². The van der Waals surface area contributed by atoms with Gasteiger partial charge in [0.15, 0.2) is 5.75 Å². The Balaban J connectivity index is 2.36. The van der Waals surface area contributed by atoms with E-state index in [0.29, 0.717) is 6.42 Å². The molecule has 1 heterocycles. The smallest absolute Gasteiger partial charge is 0.312 e. The van der Waals surface area contributed by atoms with Gasteiger partial charge in [-0.15, -0.1) is 0 Å². The van der Waals surface area contributed by atoms with E-state index in [2.05, 4.69) is 0 Å². The van der Waals surface area contributed by atoms with Crippen molar-refractivity contribution in [1.82, 2.24) is 4.31 Å². The van der Waals surface area contributed by atoms with E-state index in [9.17, 15) is 23.6 Å². The Morgan fingerprint density at radius 3 is 2.71 bits per heavy atom. The summed E-state index contributed by atoms with van der Waals surface area (Å²) in [6.45, 7) is 2.42. The Hall–Kier alpha value is -1.71. The van der Waals surface area contributed by atoms with Crippen LogP contribution in [-0.2, 0) is 10.0 Å². The number of phenols is 1. The molecule has 0 bridgehead atoms. The van der Waals surface area contributed by atoms with E-state index < -0.39 is 26.4 Å². The molecule has 9 heteroatoms. The Kier molecular flexibility index (Phi) is 4.17. The largest absolute Gasteiger partial charge is 0.502 e. The molecule has 1 fully saturated rings. The summed E-state index contributed by atoms with van der Waals surface area (Å²) >= 11 is 0. The van der Waals surface area contributed by atoms with Crippen LogP contribution in [-0.4, -0.2) is 41.9 Å². The highest BCUT2D eigenvalue weighted by atomic mass is 32.2. The fourth-order valence-corrected chi connectivity index (χ4v) is 3.88. The quantitative estimate of drug-likeness (QED) is 0.623. The maximum absolute atomic E-state index is 12.5. The van der Waals surface area contributed by atoms with Crippen molar-refractivity contribution in [3.63, 3.8) is 0 Å². The first-order valence-corrected chi connectivity index (χ1v) is 7.90. The van der Waals surface area contributed by atoms with Crippen LogP contribution in [0.15, 0.2) is 23.1 Å². The van der Waals surface area contributed by atoms with Gasteiger partial charge in [-0.2, -0.15) is 4.31 Å². The molecular formula is C12H17N3O5S. The molecule has 0 saturated carbocycles. The molecule has 116 valence electrons. The summed E-state index contributed by atoms with van der Waals surface area (Å²) in [6.07, 6.45) is 0.542. The molecule has 2 atom stereocenters. The van der Waals surface area contributed by atoms with E-state index in [0.717, 1.165) is 18.2 Å². The number of benzene rings is 1. The van der Waals surface area contributed by atoms with Crippen molar-refractivity contribution in [2.75, 3.05) is 13.1 Å². The van der Waals surface area contributed by atoms with Crippen molar-refractivity contribution in [2.45, 2.75) is 24.3 Å². The zero-order valence-electron chi connectivity index (χ0n) is 11.5. The number of nitrogens with zero attached hydrogens (tertiary/aromatic N) is 2. The van der Waals surface area contributed by atoms with Crippen LogP contribution in [0.1, 0.15) is 13.3 Å². The lowest BCUT2D eigenvalue weighted by Crippen LogP contribution is -2.48. The minimum atomic E-state index is -3.83. The summed E-state index contributed by atoms with van der Waals surface area (Å²) in [5.41, 5.74) is 5.24. The molecule has 0 amide bonds. The molecular weight excluding hydrogens is 298 g/mol. The van der Waals surface area contributed by atoms with Crippen molar-refractivity contribution >= 4 is 15.7 Å². The molecule has 8 nitrogen and oxygen atoms in total. The molecule has 2 unspecified atom stereocenters. The van der Waals surface area contributed by atoms with Gasteiger partial charge in [-0.3, -0.25) is 10.1 Å². The third-order valence-corrected chi connectivity index (χ3v) is 5.58. The van der Waals surface area contributed by atoms with Gasteiger partial charge in [0.25, 0.3) is 0 Å². The van der Waals surface area contributed by atoms with Crippen molar-refractivity contribution < 1.29 is 18.4 Å². The van der Waals surface area contributed by atoms with Gasteiger partial charge in [-0.25, -0.2) is 8.42 Å². The average Bonchev–Trinajstić information content (AvgIpc) is 2.41. The van der Waals surface area contributed by atoms with Gasteiger partial charge in [0, 0.05) is 25.2 Å². The number of aromatic hydroxyl groups is 1. The molecule has 2 rings (SSSR count). The molecule has 21 heavy (non-hydrogen) atoms. The third-order valence-electron chi connectivity index (χ3n) is 3.72. The predicted octanol–water partition coefficient (Wildman–Crippen LogP) is 0.658. The second kappa shape index (κ2) is 5.58. The van der Waals surface area contributed by atoms with E-state index in [1.54, 1.807) is 0 Å². The highest BCUT2D eigenvalue weighted by molar-refractivity contribution is 7.89. The van der Waals surface area contributed by atoms with Crippen molar-refractivity contribution in [1.29, 1.82) is 0 Å². The maximum Gasteiger partial charge on any atom is 0.312 e. The third kappa shape index (κ3) is 2.99. The minimum Gasteiger partial charge on any atom is -0.502 e. The molecule has 1 aromatic carbocycles. The summed E-state index contributed by atoms with van der Waals surface area (Å²) in [4.78, 5) is 9.78. The molecule has 1 aliphatic heterocycles. The lowest BCUT2D eigenvalue weighted by molar-refractivity contribution is -0.386. The van der Waals surface area contributed by atoms with E-state index in [4.69, 9.17) is 5.73 Å². The molecule has 0 aliphatic carbocycles. The first kappa shape index (κ1) is 15.7. The lowest BCUT2D eigenvalue weighted by atomic mass is 9.96. The molecule has 3 N–H and O–H groups in total. The maximum atomic E-state index is 12.5. The van der Waals surface area contributed by atoms with Crippen LogP contribution in [0.3, 0.4) is 0 Å². The summed E-state index contributed by atoms with van der Waals surface area (Å²) in [6, 6.07) is 3.01. The standard InChI is InChI=1S/C12H17N3O5S/c1-8-7-14(5-4-10(8)13)21(19,20)9-2-3-12(16)11(6-9)15(17)18/h2-3,6,8,10,16H,4-5,7,13H2,1H3. The normalized spacial score (nSPS) is 23.9. The highest BCUT2D eigenvalue weighted by Crippen LogP contribution is 2.30. The van der Waals surface area contributed by atoms with E-state index in [1.807, 2.05) is 6.92 Å². The van der Waals surface area contributed by atoms with Gasteiger partial charge < -0.3 is 10.8 Å². The Labute approximate surface area is 122 Å². The number of phenolic OH excluding ortho intramolecular Hbond substituents is 1. The number of sulfonamides is 1. The molecule has 0 spiro atoms. The SMILES string of the molecule is CC1CN(S(=O)(=O)c2ccc(O)c([N+](=O)[O-])c2)CCC1N. The number of piperidine rings is 1. The number of rotatable bonds is 3. The van der Waals surface area contributed by atoms with Gasteiger partial charge in [-0.1, -0.05) is 6.92 Å². The molecule has 1 aromatic rings. The van der Waals surface area contributed by atoms with Crippen LogP contribution < -0.4 is 5.73 Å². The monoisotopic (exact) mass is 315 g/mol. The summed E-state index contributed by atoms with van der Waals surface area (Å²) in [5.74, 6) is -0.548. The first-order chi connectivity index (χ1) is 9.73. The van der Waals surface area contributed by atoms with Gasteiger partial charge in [0.1, 0.15) is 0 Å². The van der Waals surface area contributed by atoms with E-state index >= 15 is 0 Å². The van der Waals surface area contributed by atoms with E-state index in [-0.39, 0.29) is 29.9 Å². The molecule has 1 aliphatic rings. The second-order valence-corrected chi connectivity index (χ2v) is 7.14. The number of nitrogens with two attached hydrogens (primary N) is 1. The zero-order chi connectivity index (χ0) is 15.8. The topological polar surface area (TPSA) is 127 Å². The van der Waals surface area contributed by atoms with Crippen LogP contribution in [0.25, 0.3) is 0 Å². The molecule has 1 saturated heterocycles. The fraction of sp³-hybridized carbons (Fsp3) is 0.500. The van der Waals surface area contributed by atoms with E-state index in [1.165, 1.54) is 4.31 Å². The average molecular weight is 315 g/mol. The summed E-state index contributed by atoms with van der Waals surface area (Å²) in [5, 5.41) is 20.2. The fourth-order valence-electron chi connectivity index (χ4n) is 2.30. The first-order valence-electron chi connectivity index (χ1n) is 6.46.